The lowest BCUT2D eigenvalue weighted by atomic mass is 10.1. The second-order valence-corrected chi connectivity index (χ2v) is 7.52. The van der Waals surface area contributed by atoms with Gasteiger partial charge in [-0.25, -0.2) is 5.43 Å². The Morgan fingerprint density at radius 1 is 0.879 bits per heavy atom. The molecule has 0 atom stereocenters. The number of carbonyl (C=O) groups excluding carboxylic acids is 1. The maximum absolute atomic E-state index is 12.1. The molecule has 0 aliphatic rings. The first-order valence-electron chi connectivity index (χ1n) is 10.9. The summed E-state index contributed by atoms with van der Waals surface area (Å²) in [4.78, 5) is 12.1. The van der Waals surface area contributed by atoms with E-state index in [-0.39, 0.29) is 12.3 Å². The molecule has 0 heterocycles. The monoisotopic (exact) mass is 438 g/mol. The van der Waals surface area contributed by atoms with Gasteiger partial charge in [-0.1, -0.05) is 72.8 Å². The highest BCUT2D eigenvalue weighted by molar-refractivity contribution is 5.86. The fourth-order valence-corrected chi connectivity index (χ4v) is 3.57. The molecule has 4 aromatic carbocycles. The molecule has 1 amide bonds. The number of rotatable bonds is 9. The van der Waals surface area contributed by atoms with Crippen LogP contribution in [-0.4, -0.2) is 18.7 Å². The summed E-state index contributed by atoms with van der Waals surface area (Å²) < 4.78 is 11.9. The summed E-state index contributed by atoms with van der Waals surface area (Å²) >= 11 is 0. The van der Waals surface area contributed by atoms with Crippen molar-refractivity contribution in [2.45, 2.75) is 20.0 Å². The van der Waals surface area contributed by atoms with Gasteiger partial charge >= 0.3 is 0 Å². The molecule has 1 N–H and O–H groups in total. The minimum Gasteiger partial charge on any atom is -0.490 e. The van der Waals surface area contributed by atoms with E-state index in [9.17, 15) is 4.79 Å². The molecule has 5 heteroatoms. The lowest BCUT2D eigenvalue weighted by molar-refractivity contribution is -0.120. The molecule has 0 saturated carbocycles. The van der Waals surface area contributed by atoms with Crippen LogP contribution in [0.25, 0.3) is 10.8 Å². The molecule has 4 aromatic rings. The molecule has 0 unspecified atom stereocenters. The summed E-state index contributed by atoms with van der Waals surface area (Å²) in [6, 6.07) is 29.6. The van der Waals surface area contributed by atoms with Crippen LogP contribution in [0.15, 0.2) is 96.1 Å². The van der Waals surface area contributed by atoms with Crippen LogP contribution in [-0.2, 0) is 17.8 Å². The summed E-state index contributed by atoms with van der Waals surface area (Å²) in [7, 11) is 0. The van der Waals surface area contributed by atoms with E-state index in [1.807, 2.05) is 73.7 Å². The Morgan fingerprint density at radius 3 is 2.52 bits per heavy atom. The van der Waals surface area contributed by atoms with Crippen LogP contribution in [0.5, 0.6) is 11.5 Å². The summed E-state index contributed by atoms with van der Waals surface area (Å²) in [6.45, 7) is 2.88. The van der Waals surface area contributed by atoms with Crippen LogP contribution in [0.4, 0.5) is 0 Å². The first kappa shape index (κ1) is 22.1. The van der Waals surface area contributed by atoms with Gasteiger partial charge in [0.15, 0.2) is 11.5 Å². The molecule has 0 aromatic heterocycles. The quantitative estimate of drug-likeness (QED) is 0.277. The molecule has 0 spiro atoms. The van der Waals surface area contributed by atoms with Gasteiger partial charge in [0.25, 0.3) is 0 Å². The maximum Gasteiger partial charge on any atom is 0.244 e. The molecule has 33 heavy (non-hydrogen) atoms. The molecular weight excluding hydrogens is 412 g/mol. The van der Waals surface area contributed by atoms with E-state index in [0.717, 1.165) is 16.7 Å². The fraction of sp³-hybridized carbons (Fsp3) is 0.143. The van der Waals surface area contributed by atoms with E-state index < -0.39 is 0 Å². The number of carbonyl (C=O) groups is 1. The normalized spacial score (nSPS) is 10.9. The number of hydrogen-bond donors (Lipinski definition) is 1. The molecule has 166 valence electrons. The number of fused-ring (bicyclic) bond motifs is 1. The zero-order valence-electron chi connectivity index (χ0n) is 18.5. The molecule has 0 bridgehead atoms. The SMILES string of the molecule is CCOc1cc(/C=N\NC(=O)Cc2ccccc2)ccc1OCc1cccc2ccccc12. The molecule has 0 fully saturated rings. The molecule has 0 saturated heterocycles. The third kappa shape index (κ3) is 5.98. The fourth-order valence-electron chi connectivity index (χ4n) is 3.57. The molecular formula is C28H26N2O3. The Balaban J connectivity index is 1.41. The predicted molar refractivity (Wildman–Crippen MR) is 132 cm³/mol. The average Bonchev–Trinajstić information content (AvgIpc) is 2.84. The van der Waals surface area contributed by atoms with Gasteiger partial charge < -0.3 is 9.47 Å². The number of amides is 1. The van der Waals surface area contributed by atoms with E-state index in [0.29, 0.717) is 24.7 Å². The largest absolute Gasteiger partial charge is 0.490 e. The van der Waals surface area contributed by atoms with Crippen molar-refractivity contribution in [2.75, 3.05) is 6.61 Å². The smallest absolute Gasteiger partial charge is 0.244 e. The van der Waals surface area contributed by atoms with Gasteiger partial charge in [-0.15, -0.1) is 0 Å². The van der Waals surface area contributed by atoms with Crippen molar-refractivity contribution in [2.24, 2.45) is 5.10 Å². The Kier molecular flexibility index (Phi) is 7.33. The molecule has 4 rings (SSSR count). The van der Waals surface area contributed by atoms with Gasteiger partial charge in [-0.3, -0.25) is 4.79 Å². The second-order valence-electron chi connectivity index (χ2n) is 7.52. The zero-order chi connectivity index (χ0) is 22.9. The summed E-state index contributed by atoms with van der Waals surface area (Å²) in [5.74, 6) is 1.13. The number of nitrogens with zero attached hydrogens (tertiary/aromatic N) is 1. The molecule has 0 radical (unpaired) electrons. The van der Waals surface area contributed by atoms with Crippen LogP contribution in [0.3, 0.4) is 0 Å². The Labute approximate surface area is 193 Å². The van der Waals surface area contributed by atoms with Gasteiger partial charge in [-0.05, 0) is 52.6 Å². The molecule has 0 aliphatic heterocycles. The highest BCUT2D eigenvalue weighted by Gasteiger charge is 2.08. The van der Waals surface area contributed by atoms with E-state index in [1.54, 1.807) is 6.21 Å². The summed E-state index contributed by atoms with van der Waals surface area (Å²) in [5, 5.41) is 6.43. The number of nitrogens with one attached hydrogen (secondary N) is 1. The standard InChI is InChI=1S/C28H26N2O3/c1-2-32-27-17-22(19-29-30-28(31)18-21-9-4-3-5-10-21)15-16-26(27)33-20-24-13-8-12-23-11-6-7-14-25(23)24/h3-17,19H,2,18,20H2,1H3,(H,30,31)/b29-19-. The van der Waals surface area contributed by atoms with Crippen molar-refractivity contribution in [3.63, 3.8) is 0 Å². The van der Waals surface area contributed by atoms with Crippen molar-refractivity contribution in [1.82, 2.24) is 5.43 Å². The number of hydrazone groups is 1. The van der Waals surface area contributed by atoms with Gasteiger partial charge in [0.2, 0.25) is 5.91 Å². The number of hydrogen-bond acceptors (Lipinski definition) is 4. The first-order chi connectivity index (χ1) is 16.2. The van der Waals surface area contributed by atoms with Gasteiger partial charge in [0.1, 0.15) is 6.61 Å². The number of benzene rings is 4. The highest BCUT2D eigenvalue weighted by atomic mass is 16.5. The van der Waals surface area contributed by atoms with Crippen molar-refractivity contribution in [3.05, 3.63) is 108 Å². The maximum atomic E-state index is 12.1. The predicted octanol–water partition coefficient (Wildman–Crippen LogP) is 5.51. The van der Waals surface area contributed by atoms with Crippen LogP contribution >= 0.6 is 0 Å². The van der Waals surface area contributed by atoms with Crippen LogP contribution in [0, 0.1) is 0 Å². The number of ether oxygens (including phenoxy) is 2. The zero-order valence-corrected chi connectivity index (χ0v) is 18.5. The second kappa shape index (κ2) is 11.0. The van der Waals surface area contributed by atoms with Crippen LogP contribution in [0.2, 0.25) is 0 Å². The topological polar surface area (TPSA) is 59.9 Å². The third-order valence-corrected chi connectivity index (χ3v) is 5.14. The lowest BCUT2D eigenvalue weighted by Crippen LogP contribution is -2.19. The van der Waals surface area contributed by atoms with Crippen molar-refractivity contribution in [3.8, 4) is 11.5 Å². The van der Waals surface area contributed by atoms with Gasteiger partial charge in [-0.2, -0.15) is 5.10 Å². The lowest BCUT2D eigenvalue weighted by Gasteiger charge is -2.13. The van der Waals surface area contributed by atoms with E-state index in [4.69, 9.17) is 9.47 Å². The first-order valence-corrected chi connectivity index (χ1v) is 10.9. The van der Waals surface area contributed by atoms with Gasteiger partial charge in [0, 0.05) is 0 Å². The van der Waals surface area contributed by atoms with E-state index in [1.165, 1.54) is 10.8 Å². The van der Waals surface area contributed by atoms with Crippen LogP contribution < -0.4 is 14.9 Å². The molecule has 5 nitrogen and oxygen atoms in total. The van der Waals surface area contributed by atoms with Gasteiger partial charge in [0.05, 0.1) is 19.2 Å². The van der Waals surface area contributed by atoms with Crippen molar-refractivity contribution in [1.29, 1.82) is 0 Å². The Hall–Kier alpha value is -4.12. The van der Waals surface area contributed by atoms with Crippen LogP contribution in [0.1, 0.15) is 23.6 Å². The average molecular weight is 439 g/mol. The van der Waals surface area contributed by atoms with E-state index >= 15 is 0 Å². The summed E-state index contributed by atoms with van der Waals surface area (Å²) in [6.07, 6.45) is 1.88. The minimum atomic E-state index is -0.169. The Morgan fingerprint density at radius 2 is 1.67 bits per heavy atom. The van der Waals surface area contributed by atoms with Crippen molar-refractivity contribution < 1.29 is 14.3 Å². The highest BCUT2D eigenvalue weighted by Crippen LogP contribution is 2.30. The third-order valence-electron chi connectivity index (χ3n) is 5.14. The minimum absolute atomic E-state index is 0.169. The van der Waals surface area contributed by atoms with Crippen molar-refractivity contribution >= 4 is 22.9 Å². The Bertz CT molecular complexity index is 1250. The molecule has 0 aliphatic carbocycles. The summed E-state index contributed by atoms with van der Waals surface area (Å²) in [5.41, 5.74) is 5.42. The van der Waals surface area contributed by atoms with E-state index in [2.05, 4.69) is 34.8 Å².